The first-order chi connectivity index (χ1) is 11.7. The van der Waals surface area contributed by atoms with Crippen molar-refractivity contribution >= 4 is 17.9 Å². The highest BCUT2D eigenvalue weighted by Gasteiger charge is 2.20. The standard InChI is InChI=1S/C20H25NO2S/c1-16(21-20(22)23-2)19(14-13-17-9-5-3-6-10-17)24-15-18-11-7-4-8-12-18/h3-12,16,19H,13-15H2,1-2H3,(H,21,22)/t16-,19+/m1/s1. The fourth-order valence-corrected chi connectivity index (χ4v) is 3.79. The van der Waals surface area contributed by atoms with E-state index in [1.807, 2.05) is 30.8 Å². The van der Waals surface area contributed by atoms with Crippen molar-refractivity contribution in [2.45, 2.75) is 36.8 Å². The number of carbonyl (C=O) groups excluding carboxylic acids is 1. The second kappa shape index (κ2) is 10.0. The zero-order valence-corrected chi connectivity index (χ0v) is 15.1. The van der Waals surface area contributed by atoms with Gasteiger partial charge in [0, 0.05) is 17.0 Å². The van der Waals surface area contributed by atoms with Gasteiger partial charge in [-0.2, -0.15) is 11.8 Å². The van der Waals surface area contributed by atoms with Crippen molar-refractivity contribution < 1.29 is 9.53 Å². The molecule has 24 heavy (non-hydrogen) atoms. The Kier molecular flexibility index (Phi) is 7.69. The Hall–Kier alpha value is -1.94. The summed E-state index contributed by atoms with van der Waals surface area (Å²) in [6.45, 7) is 2.05. The Morgan fingerprint density at radius 3 is 2.21 bits per heavy atom. The van der Waals surface area contributed by atoms with Crippen LogP contribution < -0.4 is 5.32 Å². The van der Waals surface area contributed by atoms with Crippen molar-refractivity contribution in [3.63, 3.8) is 0 Å². The lowest BCUT2D eigenvalue weighted by Crippen LogP contribution is -2.40. The molecule has 2 aromatic carbocycles. The Morgan fingerprint density at radius 2 is 1.62 bits per heavy atom. The molecule has 1 amide bonds. The van der Waals surface area contributed by atoms with Crippen LogP contribution in [-0.4, -0.2) is 24.5 Å². The molecule has 2 aromatic rings. The van der Waals surface area contributed by atoms with Crippen molar-refractivity contribution in [1.82, 2.24) is 5.32 Å². The van der Waals surface area contributed by atoms with Crippen molar-refractivity contribution in [2.75, 3.05) is 7.11 Å². The molecule has 2 atom stereocenters. The molecule has 1 N–H and O–H groups in total. The van der Waals surface area contributed by atoms with Crippen LogP contribution in [0.3, 0.4) is 0 Å². The van der Waals surface area contributed by atoms with E-state index in [9.17, 15) is 4.79 Å². The predicted molar refractivity (Wildman–Crippen MR) is 101 cm³/mol. The van der Waals surface area contributed by atoms with Crippen molar-refractivity contribution in [1.29, 1.82) is 0 Å². The number of hydrogen-bond acceptors (Lipinski definition) is 3. The molecule has 0 fully saturated rings. The first-order valence-electron chi connectivity index (χ1n) is 8.23. The van der Waals surface area contributed by atoms with Gasteiger partial charge in [0.2, 0.25) is 0 Å². The minimum absolute atomic E-state index is 0.0508. The molecule has 0 heterocycles. The van der Waals surface area contributed by atoms with Crippen LogP contribution in [0.15, 0.2) is 60.7 Å². The topological polar surface area (TPSA) is 38.3 Å². The van der Waals surface area contributed by atoms with Gasteiger partial charge in [0.05, 0.1) is 7.11 Å². The van der Waals surface area contributed by atoms with E-state index in [0.29, 0.717) is 5.25 Å². The average Bonchev–Trinajstić information content (AvgIpc) is 2.63. The summed E-state index contributed by atoms with van der Waals surface area (Å²) in [5.74, 6) is 0.938. The van der Waals surface area contributed by atoms with Crippen LogP contribution in [0, 0.1) is 0 Å². The van der Waals surface area contributed by atoms with Gasteiger partial charge in [-0.25, -0.2) is 4.79 Å². The molecule has 0 aromatic heterocycles. The molecule has 128 valence electrons. The lowest BCUT2D eigenvalue weighted by atomic mass is 10.1. The molecule has 0 radical (unpaired) electrons. The third kappa shape index (κ3) is 6.28. The van der Waals surface area contributed by atoms with E-state index in [1.165, 1.54) is 18.2 Å². The average molecular weight is 343 g/mol. The summed E-state index contributed by atoms with van der Waals surface area (Å²) in [6, 6.07) is 20.9. The van der Waals surface area contributed by atoms with Crippen LogP contribution in [-0.2, 0) is 16.9 Å². The molecule has 0 aliphatic carbocycles. The number of thioether (sulfide) groups is 1. The zero-order chi connectivity index (χ0) is 17.2. The second-order valence-corrected chi connectivity index (χ2v) is 7.01. The number of carbonyl (C=O) groups is 1. The minimum atomic E-state index is -0.368. The van der Waals surface area contributed by atoms with Crippen LogP contribution in [0.4, 0.5) is 4.79 Å². The monoisotopic (exact) mass is 343 g/mol. The number of alkyl carbamates (subject to hydrolysis) is 1. The summed E-state index contributed by atoms with van der Waals surface area (Å²) < 4.78 is 4.74. The number of hydrogen-bond donors (Lipinski definition) is 1. The van der Waals surface area contributed by atoms with Gasteiger partial charge in [0.25, 0.3) is 0 Å². The summed E-state index contributed by atoms with van der Waals surface area (Å²) in [4.78, 5) is 11.5. The van der Waals surface area contributed by atoms with E-state index < -0.39 is 0 Å². The van der Waals surface area contributed by atoms with Crippen LogP contribution in [0.2, 0.25) is 0 Å². The summed E-state index contributed by atoms with van der Waals surface area (Å²) in [5.41, 5.74) is 2.63. The van der Waals surface area contributed by atoms with Gasteiger partial charge in [-0.15, -0.1) is 0 Å². The lowest BCUT2D eigenvalue weighted by Gasteiger charge is -2.24. The van der Waals surface area contributed by atoms with E-state index in [-0.39, 0.29) is 12.1 Å². The molecule has 3 nitrogen and oxygen atoms in total. The van der Waals surface area contributed by atoms with Gasteiger partial charge >= 0.3 is 6.09 Å². The molecular formula is C20H25NO2S. The first kappa shape index (κ1) is 18.4. The molecule has 0 saturated heterocycles. The SMILES string of the molecule is COC(=O)N[C@H](C)[C@H](CCc1ccccc1)SCc1ccccc1. The zero-order valence-electron chi connectivity index (χ0n) is 14.3. The molecule has 4 heteroatoms. The van der Waals surface area contributed by atoms with Crippen LogP contribution in [0.5, 0.6) is 0 Å². The summed E-state index contributed by atoms with van der Waals surface area (Å²) in [6.07, 6.45) is 1.64. The molecule has 0 spiro atoms. The van der Waals surface area contributed by atoms with Crippen LogP contribution in [0.25, 0.3) is 0 Å². The first-order valence-corrected chi connectivity index (χ1v) is 9.28. The van der Waals surface area contributed by atoms with Crippen molar-refractivity contribution in [3.05, 3.63) is 71.8 Å². The molecule has 2 rings (SSSR count). The summed E-state index contributed by atoms with van der Waals surface area (Å²) in [5, 5.41) is 3.24. The lowest BCUT2D eigenvalue weighted by molar-refractivity contribution is 0.167. The molecular weight excluding hydrogens is 318 g/mol. The van der Waals surface area contributed by atoms with E-state index in [4.69, 9.17) is 4.74 Å². The normalized spacial score (nSPS) is 13.1. The molecule has 0 unspecified atom stereocenters. The van der Waals surface area contributed by atoms with Gasteiger partial charge in [-0.3, -0.25) is 0 Å². The van der Waals surface area contributed by atoms with Gasteiger partial charge in [-0.1, -0.05) is 60.7 Å². The number of methoxy groups -OCH3 is 1. The maximum Gasteiger partial charge on any atom is 0.407 e. The Labute approximate surface area is 148 Å². The Morgan fingerprint density at radius 1 is 1.04 bits per heavy atom. The van der Waals surface area contributed by atoms with Crippen molar-refractivity contribution in [3.8, 4) is 0 Å². The van der Waals surface area contributed by atoms with Crippen LogP contribution >= 0.6 is 11.8 Å². The second-order valence-electron chi connectivity index (χ2n) is 5.78. The van der Waals surface area contributed by atoms with E-state index in [0.717, 1.165) is 18.6 Å². The van der Waals surface area contributed by atoms with E-state index >= 15 is 0 Å². The summed E-state index contributed by atoms with van der Waals surface area (Å²) >= 11 is 1.88. The molecule has 0 aliphatic rings. The number of aryl methyl sites for hydroxylation is 1. The van der Waals surface area contributed by atoms with Gasteiger partial charge in [0.15, 0.2) is 0 Å². The van der Waals surface area contributed by atoms with Crippen LogP contribution in [0.1, 0.15) is 24.5 Å². The Balaban J connectivity index is 1.95. The highest BCUT2D eigenvalue weighted by molar-refractivity contribution is 7.99. The minimum Gasteiger partial charge on any atom is -0.453 e. The molecule has 0 bridgehead atoms. The third-order valence-corrected chi connectivity index (χ3v) is 5.53. The number of ether oxygens (including phenoxy) is 1. The fraction of sp³-hybridized carbons (Fsp3) is 0.350. The Bertz CT molecular complexity index is 560. The van der Waals surface area contributed by atoms with E-state index in [2.05, 4.69) is 53.8 Å². The molecule has 0 aliphatic heterocycles. The highest BCUT2D eigenvalue weighted by atomic mass is 32.2. The third-order valence-electron chi connectivity index (χ3n) is 3.96. The fourth-order valence-electron chi connectivity index (χ4n) is 2.55. The highest BCUT2D eigenvalue weighted by Crippen LogP contribution is 2.25. The van der Waals surface area contributed by atoms with Gasteiger partial charge in [0.1, 0.15) is 0 Å². The van der Waals surface area contributed by atoms with Crippen molar-refractivity contribution in [2.24, 2.45) is 0 Å². The largest absolute Gasteiger partial charge is 0.453 e. The number of benzene rings is 2. The molecule has 0 saturated carbocycles. The maximum atomic E-state index is 11.5. The maximum absolute atomic E-state index is 11.5. The number of rotatable bonds is 8. The quantitative estimate of drug-likeness (QED) is 0.757. The van der Waals surface area contributed by atoms with E-state index in [1.54, 1.807) is 0 Å². The van der Waals surface area contributed by atoms with Gasteiger partial charge in [-0.05, 0) is 30.9 Å². The number of amides is 1. The predicted octanol–water partition coefficient (Wildman–Crippen LogP) is 4.67. The number of nitrogens with one attached hydrogen (secondary N) is 1. The summed E-state index contributed by atoms with van der Waals surface area (Å²) in [7, 11) is 1.40. The smallest absolute Gasteiger partial charge is 0.407 e. The van der Waals surface area contributed by atoms with Gasteiger partial charge < -0.3 is 10.1 Å².